The smallest absolute Gasteiger partial charge is 0.293 e. The number of carbonyl (C=O) groups excluding carboxylic acids is 2. The van der Waals surface area contributed by atoms with E-state index in [1.54, 1.807) is 21.6 Å². The molecule has 0 spiro atoms. The normalized spacial score (nSPS) is 9.09. The molecule has 0 saturated heterocycles. The molecule has 0 unspecified atom stereocenters. The van der Waals surface area contributed by atoms with E-state index in [-0.39, 0.29) is 0 Å². The number of ether oxygens (including phenoxy) is 1. The lowest BCUT2D eigenvalue weighted by atomic mass is 10.6. The van der Waals surface area contributed by atoms with Crippen LogP contribution in [0, 0.1) is 0 Å². The first-order valence-corrected chi connectivity index (χ1v) is 5.64. The van der Waals surface area contributed by atoms with Crippen LogP contribution in [-0.4, -0.2) is 30.9 Å². The van der Waals surface area contributed by atoms with Gasteiger partial charge in [-0.3, -0.25) is 4.79 Å². The van der Waals surface area contributed by atoms with Gasteiger partial charge >= 0.3 is 0 Å². The average molecular weight is 194 g/mol. The first-order valence-electron chi connectivity index (χ1n) is 3.15. The second kappa shape index (κ2) is 9.84. The Morgan fingerprint density at radius 1 is 1.18 bits per heavy atom. The molecule has 0 aromatic rings. The molecule has 5 heteroatoms. The maximum atomic E-state index is 9.85. The van der Waals surface area contributed by atoms with Crippen molar-refractivity contribution >= 4 is 34.3 Å². The first-order chi connectivity index (χ1) is 5.41. The van der Waals surface area contributed by atoms with Crippen LogP contribution in [0.15, 0.2) is 0 Å². The third-order valence-corrected chi connectivity index (χ3v) is 3.16. The highest BCUT2D eigenvalue weighted by Crippen LogP contribution is 2.20. The Morgan fingerprint density at radius 2 is 1.91 bits per heavy atom. The second-order valence-electron chi connectivity index (χ2n) is 1.57. The van der Waals surface area contributed by atoms with Gasteiger partial charge in [-0.1, -0.05) is 21.6 Å². The monoisotopic (exact) mass is 194 g/mol. The second-order valence-corrected chi connectivity index (χ2v) is 4.27. The quantitative estimate of drug-likeness (QED) is 0.329. The van der Waals surface area contributed by atoms with E-state index < -0.39 is 0 Å². The number of hydrogen-bond donors (Lipinski definition) is 0. The third kappa shape index (κ3) is 9.84. The van der Waals surface area contributed by atoms with E-state index in [2.05, 4.69) is 4.74 Å². The van der Waals surface area contributed by atoms with Gasteiger partial charge in [0.2, 0.25) is 0 Å². The van der Waals surface area contributed by atoms with Gasteiger partial charge in [0.05, 0.1) is 0 Å². The molecule has 0 aliphatic rings. The molecule has 0 amide bonds. The summed E-state index contributed by atoms with van der Waals surface area (Å²) in [5, 5.41) is 0. The summed E-state index contributed by atoms with van der Waals surface area (Å²) in [5.74, 6) is 1.61. The summed E-state index contributed by atoms with van der Waals surface area (Å²) in [6.45, 7) is 0.888. The molecular weight excluding hydrogens is 184 g/mol. The molecule has 0 aromatic heterocycles. The molecule has 0 aliphatic carbocycles. The van der Waals surface area contributed by atoms with E-state index in [1.807, 2.05) is 0 Å². The minimum Gasteiger partial charge on any atom is -0.467 e. The topological polar surface area (TPSA) is 43.4 Å². The van der Waals surface area contributed by atoms with E-state index in [1.165, 1.54) is 0 Å². The van der Waals surface area contributed by atoms with Crippen molar-refractivity contribution in [3.63, 3.8) is 0 Å². The zero-order valence-corrected chi connectivity index (χ0v) is 7.66. The molecule has 0 N–H and O–H groups in total. The molecule has 64 valence electrons. The van der Waals surface area contributed by atoms with Crippen molar-refractivity contribution in [3.05, 3.63) is 0 Å². The standard InChI is InChI=1S/C6H10O3S2/c7-2-1-4-10-11-5-3-9-6-8/h2,6H,1,3-5H2. The fraction of sp³-hybridized carbons (Fsp3) is 0.667. The van der Waals surface area contributed by atoms with Gasteiger partial charge in [0.25, 0.3) is 6.47 Å². The highest BCUT2D eigenvalue weighted by Gasteiger charge is 1.89. The largest absolute Gasteiger partial charge is 0.467 e. The van der Waals surface area contributed by atoms with Crippen LogP contribution in [0.5, 0.6) is 0 Å². The van der Waals surface area contributed by atoms with E-state index in [4.69, 9.17) is 0 Å². The van der Waals surface area contributed by atoms with E-state index in [9.17, 15) is 9.59 Å². The summed E-state index contributed by atoms with van der Waals surface area (Å²) in [6.07, 6.45) is 1.49. The first kappa shape index (κ1) is 10.8. The molecule has 0 saturated carbocycles. The Bertz CT molecular complexity index is 96.0. The van der Waals surface area contributed by atoms with Gasteiger partial charge in [0, 0.05) is 17.9 Å². The van der Waals surface area contributed by atoms with Crippen LogP contribution in [0.2, 0.25) is 0 Å². The van der Waals surface area contributed by atoms with E-state index in [0.29, 0.717) is 19.5 Å². The van der Waals surface area contributed by atoms with E-state index >= 15 is 0 Å². The molecule has 0 heterocycles. The Morgan fingerprint density at radius 3 is 2.55 bits per heavy atom. The zero-order valence-electron chi connectivity index (χ0n) is 6.02. The summed E-state index contributed by atoms with van der Waals surface area (Å²) in [5.41, 5.74) is 0. The van der Waals surface area contributed by atoms with Crippen molar-refractivity contribution in [1.82, 2.24) is 0 Å². The Kier molecular flexibility index (Phi) is 9.70. The van der Waals surface area contributed by atoms with Crippen molar-refractivity contribution < 1.29 is 14.3 Å². The van der Waals surface area contributed by atoms with Gasteiger partial charge in [0.1, 0.15) is 12.9 Å². The predicted octanol–water partition coefficient (Wildman–Crippen LogP) is 1.13. The number of carbonyl (C=O) groups is 2. The molecule has 0 atom stereocenters. The highest BCUT2D eigenvalue weighted by atomic mass is 33.1. The van der Waals surface area contributed by atoms with Gasteiger partial charge < -0.3 is 9.53 Å². The number of aldehydes is 1. The molecular formula is C6H10O3S2. The molecule has 0 aromatic carbocycles. The molecule has 0 bridgehead atoms. The Labute approximate surface area is 73.6 Å². The number of rotatable bonds is 8. The van der Waals surface area contributed by atoms with Crippen molar-refractivity contribution in [2.24, 2.45) is 0 Å². The summed E-state index contributed by atoms with van der Waals surface area (Å²) < 4.78 is 4.46. The minimum atomic E-state index is 0.441. The molecule has 3 nitrogen and oxygen atoms in total. The molecule has 0 aliphatic heterocycles. The zero-order chi connectivity index (χ0) is 8.36. The average Bonchev–Trinajstić information content (AvgIpc) is 2.03. The fourth-order valence-corrected chi connectivity index (χ4v) is 2.14. The van der Waals surface area contributed by atoms with Crippen molar-refractivity contribution in [2.45, 2.75) is 6.42 Å². The maximum absolute atomic E-state index is 9.85. The summed E-state index contributed by atoms with van der Waals surface area (Å²) in [4.78, 5) is 19.5. The van der Waals surface area contributed by atoms with Gasteiger partial charge in [-0.05, 0) is 0 Å². The summed E-state index contributed by atoms with van der Waals surface area (Å²) in [7, 11) is 3.22. The molecule has 0 rings (SSSR count). The number of hydrogen-bond acceptors (Lipinski definition) is 5. The van der Waals surface area contributed by atoms with Gasteiger partial charge in [-0.25, -0.2) is 0 Å². The van der Waals surface area contributed by atoms with Crippen molar-refractivity contribution in [2.75, 3.05) is 18.1 Å². The maximum Gasteiger partial charge on any atom is 0.293 e. The van der Waals surface area contributed by atoms with Crippen LogP contribution in [0.3, 0.4) is 0 Å². The van der Waals surface area contributed by atoms with Crippen LogP contribution < -0.4 is 0 Å². The molecule has 0 fully saturated rings. The molecule has 11 heavy (non-hydrogen) atoms. The van der Waals surface area contributed by atoms with Crippen LogP contribution in [0.4, 0.5) is 0 Å². The van der Waals surface area contributed by atoms with Crippen LogP contribution >= 0.6 is 21.6 Å². The van der Waals surface area contributed by atoms with Crippen molar-refractivity contribution in [3.8, 4) is 0 Å². The lowest BCUT2D eigenvalue weighted by molar-refractivity contribution is -0.128. The van der Waals surface area contributed by atoms with Crippen LogP contribution in [0.1, 0.15) is 6.42 Å². The minimum absolute atomic E-state index is 0.441. The van der Waals surface area contributed by atoms with E-state index in [0.717, 1.165) is 17.8 Å². The molecule has 0 radical (unpaired) electrons. The SMILES string of the molecule is O=CCCSSCCOC=O. The van der Waals surface area contributed by atoms with Gasteiger partial charge in [0.15, 0.2) is 0 Å². The van der Waals surface area contributed by atoms with Crippen molar-refractivity contribution in [1.29, 1.82) is 0 Å². The lowest BCUT2D eigenvalue weighted by Gasteiger charge is -1.96. The Balaban J connectivity index is 2.79. The summed E-state index contributed by atoms with van der Waals surface area (Å²) in [6, 6.07) is 0. The predicted molar refractivity (Wildman–Crippen MR) is 47.6 cm³/mol. The third-order valence-electron chi connectivity index (χ3n) is 0.755. The fourth-order valence-electron chi connectivity index (χ4n) is 0.344. The highest BCUT2D eigenvalue weighted by molar-refractivity contribution is 8.76. The van der Waals surface area contributed by atoms with Crippen LogP contribution in [0.25, 0.3) is 0 Å². The van der Waals surface area contributed by atoms with Gasteiger partial charge in [-0.2, -0.15) is 0 Å². The summed E-state index contributed by atoms with van der Waals surface area (Å²) >= 11 is 0. The lowest BCUT2D eigenvalue weighted by Crippen LogP contribution is -1.92. The van der Waals surface area contributed by atoms with Crippen LogP contribution in [-0.2, 0) is 14.3 Å². The Hall–Kier alpha value is -0.160. The van der Waals surface area contributed by atoms with Gasteiger partial charge in [-0.15, -0.1) is 0 Å².